The van der Waals surface area contributed by atoms with Gasteiger partial charge in [0.15, 0.2) is 44.6 Å². The fourth-order valence-corrected chi connectivity index (χ4v) is 6.74. The number of anilines is 5. The number of benzene rings is 2. The molecule has 0 bridgehead atoms. The van der Waals surface area contributed by atoms with Crippen molar-refractivity contribution >= 4 is 76.4 Å². The Morgan fingerprint density at radius 1 is 0.726 bits per heavy atom. The van der Waals surface area contributed by atoms with E-state index in [1.165, 1.54) is 36.2 Å². The van der Waals surface area contributed by atoms with Crippen molar-refractivity contribution in [1.29, 1.82) is 10.5 Å². The Labute approximate surface area is 383 Å². The summed E-state index contributed by atoms with van der Waals surface area (Å²) in [4.78, 5) is 28.0. The average molecular weight is 918 g/mol. The minimum absolute atomic E-state index is 0. The van der Waals surface area contributed by atoms with Crippen molar-refractivity contribution in [3.63, 3.8) is 0 Å². The van der Waals surface area contributed by atoms with Gasteiger partial charge in [0.25, 0.3) is 0 Å². The molecule has 0 unspecified atom stereocenters. The maximum Gasteiger partial charge on any atom is 0.191 e. The minimum Gasteiger partial charge on any atom is -0.358 e. The van der Waals surface area contributed by atoms with Gasteiger partial charge in [0.05, 0.1) is 0 Å². The number of aromatic amines is 2. The van der Waals surface area contributed by atoms with Crippen LogP contribution >= 0.6 is 47.5 Å². The maximum absolute atomic E-state index is 9.94. The Morgan fingerprint density at radius 3 is 1.56 bits per heavy atom. The highest BCUT2D eigenvalue weighted by Crippen LogP contribution is 2.33. The number of thioether (sulfide) groups is 2. The maximum atomic E-state index is 9.94. The van der Waals surface area contributed by atoms with E-state index in [0.29, 0.717) is 50.4 Å². The van der Waals surface area contributed by atoms with Crippen molar-refractivity contribution in [2.24, 2.45) is 10.8 Å². The van der Waals surface area contributed by atoms with Crippen LogP contribution in [0.4, 0.5) is 28.8 Å². The second-order valence-corrected chi connectivity index (χ2v) is 18.1. The number of nitrogens with one attached hydrogen (secondary N) is 5. The van der Waals surface area contributed by atoms with Gasteiger partial charge in [0.1, 0.15) is 35.9 Å². The van der Waals surface area contributed by atoms with Gasteiger partial charge in [-0.2, -0.15) is 20.7 Å². The number of halogens is 2. The van der Waals surface area contributed by atoms with Gasteiger partial charge < -0.3 is 20.9 Å². The highest BCUT2D eigenvalue weighted by Gasteiger charge is 2.22. The fourth-order valence-electron chi connectivity index (χ4n) is 5.75. The summed E-state index contributed by atoms with van der Waals surface area (Å²) in [7, 11) is 3.93. The van der Waals surface area contributed by atoms with Gasteiger partial charge in [-0.3, -0.25) is 10.2 Å². The number of aryl methyl sites for hydroxylation is 2. The SMILES string of the molecule is CNCC(C)(C)C.CSc1nc(Cl)c(C#N)c(Nc2cc(-c3ncn[nH]3)ccc2C)n1.CSc1nc(Nc2cc(-c3ncn[nH]3)ccc2C)c(C#N)c(N(C)CC(C)(C)C)n1.Cl. The zero-order valence-corrected chi connectivity index (χ0v) is 40.3. The van der Waals surface area contributed by atoms with Crippen molar-refractivity contribution in [2.75, 3.05) is 55.2 Å². The molecule has 0 aliphatic rings. The van der Waals surface area contributed by atoms with Gasteiger partial charge in [-0.05, 0) is 74.0 Å². The molecular formula is C42H54Cl2N16S2. The van der Waals surface area contributed by atoms with Crippen LogP contribution in [-0.4, -0.2) is 90.0 Å². The van der Waals surface area contributed by atoms with Crippen molar-refractivity contribution < 1.29 is 0 Å². The van der Waals surface area contributed by atoms with Crippen LogP contribution in [0.2, 0.25) is 5.15 Å². The fraction of sp³-hybridized carbons (Fsp3) is 0.381. The van der Waals surface area contributed by atoms with Crippen LogP contribution in [-0.2, 0) is 0 Å². The second kappa shape index (κ2) is 23.1. The van der Waals surface area contributed by atoms with E-state index in [9.17, 15) is 10.5 Å². The standard InChI is InChI=1S/C21H26N8S.C15H12ClN7S.C6H15N.ClH/c1-13-7-8-14(17-23-12-24-28-17)9-16(13)25-18-15(10-22)19(27-20(26-18)30-6)29(5)11-21(2,3)4;1-8-3-4-9(13-18-7-19-23-13)5-11(8)20-14-10(6-17)12(16)21-15(22-14)24-2;1-6(2,3)5-7-4;/h7-9,12H,11H2,1-6H3,(H,23,24,28)(H,25,26,27);3-5,7H,1-2H3,(H,18,19,23)(H,20,21,22);7H,5H2,1-4H3;1H. The lowest BCUT2D eigenvalue weighted by molar-refractivity contribution is 0.395. The molecule has 62 heavy (non-hydrogen) atoms. The molecule has 16 nitrogen and oxygen atoms in total. The molecule has 0 radical (unpaired) electrons. The Bertz CT molecular complexity index is 2450. The third-order valence-corrected chi connectivity index (χ3v) is 9.81. The number of rotatable bonds is 11. The summed E-state index contributed by atoms with van der Waals surface area (Å²) in [6.45, 7) is 18.9. The van der Waals surface area contributed by atoms with E-state index in [1.807, 2.05) is 87.8 Å². The van der Waals surface area contributed by atoms with Gasteiger partial charge in [-0.15, -0.1) is 12.4 Å². The number of aromatic nitrogens is 10. The van der Waals surface area contributed by atoms with Crippen LogP contribution in [0, 0.1) is 47.3 Å². The molecule has 4 aromatic heterocycles. The summed E-state index contributed by atoms with van der Waals surface area (Å²) < 4.78 is 0. The van der Waals surface area contributed by atoms with Crippen LogP contribution in [0.3, 0.4) is 0 Å². The predicted molar refractivity (Wildman–Crippen MR) is 255 cm³/mol. The van der Waals surface area contributed by atoms with E-state index in [2.05, 4.69) is 114 Å². The molecule has 0 saturated carbocycles. The molecule has 6 rings (SSSR count). The molecular weight excluding hydrogens is 864 g/mol. The number of hydrogen-bond donors (Lipinski definition) is 5. The molecule has 328 valence electrons. The van der Waals surface area contributed by atoms with Crippen LogP contribution in [0.1, 0.15) is 63.8 Å². The highest BCUT2D eigenvalue weighted by atomic mass is 35.5. The summed E-state index contributed by atoms with van der Waals surface area (Å²) >= 11 is 8.88. The first-order valence-electron chi connectivity index (χ1n) is 19.1. The lowest BCUT2D eigenvalue weighted by Gasteiger charge is -2.28. The lowest BCUT2D eigenvalue weighted by Crippen LogP contribution is -2.30. The number of nitrogens with zero attached hydrogens (tertiary/aromatic N) is 11. The van der Waals surface area contributed by atoms with Gasteiger partial charge in [-0.25, -0.2) is 29.9 Å². The van der Waals surface area contributed by atoms with Crippen LogP contribution < -0.4 is 20.9 Å². The molecule has 6 aromatic rings. The Morgan fingerprint density at radius 2 is 1.19 bits per heavy atom. The van der Waals surface area contributed by atoms with Crippen molar-refractivity contribution in [3.8, 4) is 34.9 Å². The summed E-state index contributed by atoms with van der Waals surface area (Å²) in [6, 6.07) is 16.1. The monoisotopic (exact) mass is 916 g/mol. The van der Waals surface area contributed by atoms with E-state index in [4.69, 9.17) is 11.6 Å². The Balaban J connectivity index is 0.000000287. The Kier molecular flexibility index (Phi) is 18.9. The van der Waals surface area contributed by atoms with E-state index in [1.54, 1.807) is 0 Å². The third kappa shape index (κ3) is 14.6. The predicted octanol–water partition coefficient (Wildman–Crippen LogP) is 9.62. The van der Waals surface area contributed by atoms with E-state index in [-0.39, 0.29) is 28.5 Å². The molecule has 0 aliphatic carbocycles. The number of nitriles is 2. The topological polar surface area (TPSA) is 222 Å². The smallest absolute Gasteiger partial charge is 0.191 e. The molecule has 0 saturated heterocycles. The van der Waals surface area contributed by atoms with Crippen LogP contribution in [0.5, 0.6) is 0 Å². The largest absolute Gasteiger partial charge is 0.358 e. The normalized spacial score (nSPS) is 10.8. The first kappa shape index (κ1) is 50.9. The summed E-state index contributed by atoms with van der Waals surface area (Å²) in [6.07, 6.45) is 6.69. The van der Waals surface area contributed by atoms with Gasteiger partial charge in [-0.1, -0.05) is 101 Å². The van der Waals surface area contributed by atoms with Crippen molar-refractivity contribution in [2.45, 2.75) is 65.7 Å². The zero-order valence-electron chi connectivity index (χ0n) is 37.1. The quantitative estimate of drug-likeness (QED) is 0.0464. The second-order valence-electron chi connectivity index (χ2n) is 16.2. The van der Waals surface area contributed by atoms with Crippen LogP contribution in [0.25, 0.3) is 22.8 Å². The van der Waals surface area contributed by atoms with Crippen LogP contribution in [0.15, 0.2) is 59.4 Å². The first-order valence-corrected chi connectivity index (χ1v) is 21.9. The number of H-pyrrole nitrogens is 2. The molecule has 4 heterocycles. The average Bonchev–Trinajstić information content (AvgIpc) is 3.95. The van der Waals surface area contributed by atoms with Gasteiger partial charge >= 0.3 is 0 Å². The molecule has 2 aromatic carbocycles. The molecule has 0 amide bonds. The highest BCUT2D eigenvalue weighted by molar-refractivity contribution is 7.98. The summed E-state index contributed by atoms with van der Waals surface area (Å²) in [5.41, 5.74) is 6.53. The molecule has 0 fully saturated rings. The lowest BCUT2D eigenvalue weighted by atomic mass is 9.96. The van der Waals surface area contributed by atoms with E-state index >= 15 is 0 Å². The summed E-state index contributed by atoms with van der Waals surface area (Å²) in [5, 5.41) is 43.6. The molecule has 5 N–H and O–H groups in total. The Hall–Kier alpha value is -5.50. The summed E-state index contributed by atoms with van der Waals surface area (Å²) in [5.74, 6) is 2.82. The van der Waals surface area contributed by atoms with E-state index in [0.717, 1.165) is 46.7 Å². The van der Waals surface area contributed by atoms with E-state index < -0.39 is 0 Å². The first-order chi connectivity index (χ1) is 28.9. The van der Waals surface area contributed by atoms with Crippen molar-refractivity contribution in [3.05, 3.63) is 76.5 Å². The third-order valence-electron chi connectivity index (χ3n) is 8.44. The molecule has 0 aliphatic heterocycles. The van der Waals surface area contributed by atoms with Gasteiger partial charge in [0, 0.05) is 36.1 Å². The minimum atomic E-state index is 0. The molecule has 0 spiro atoms. The van der Waals surface area contributed by atoms with Crippen molar-refractivity contribution in [1.82, 2.24) is 55.6 Å². The number of hydrogen-bond acceptors (Lipinski definition) is 16. The van der Waals surface area contributed by atoms with Gasteiger partial charge in [0.2, 0.25) is 0 Å². The molecule has 0 atom stereocenters. The zero-order chi connectivity index (χ0) is 44.9. The molecule has 20 heteroatoms.